The fraction of sp³-hybridized carbons (Fsp3) is 0.294. The fourth-order valence-corrected chi connectivity index (χ4v) is 4.36. The van der Waals surface area contributed by atoms with E-state index < -0.39 is 0 Å². The van der Waals surface area contributed by atoms with Gasteiger partial charge in [-0.1, -0.05) is 59.6 Å². The Bertz CT molecular complexity index is 610. The molecule has 106 valence electrons. The number of hydrogen-bond acceptors (Lipinski definition) is 0. The molecule has 0 aromatic heterocycles. The van der Waals surface area contributed by atoms with E-state index in [1.807, 2.05) is 6.07 Å². The minimum absolute atomic E-state index is 0.189. The summed E-state index contributed by atoms with van der Waals surface area (Å²) in [7, 11) is 0. The van der Waals surface area contributed by atoms with E-state index in [-0.39, 0.29) is 4.83 Å². The van der Waals surface area contributed by atoms with Crippen molar-refractivity contribution in [1.82, 2.24) is 0 Å². The molecule has 2 aromatic carbocycles. The van der Waals surface area contributed by atoms with Gasteiger partial charge in [-0.25, -0.2) is 0 Å². The average molecular weight is 464 g/mol. The van der Waals surface area contributed by atoms with Crippen LogP contribution in [-0.2, 0) is 12.8 Å². The summed E-state index contributed by atoms with van der Waals surface area (Å²) in [6, 6.07) is 12.9. The Balaban J connectivity index is 2.51. The maximum absolute atomic E-state index is 6.16. The molecule has 0 nitrogen and oxygen atoms in total. The molecule has 0 aliphatic rings. The smallest absolute Gasteiger partial charge is 0.0658 e. The van der Waals surface area contributed by atoms with E-state index >= 15 is 0 Å². The van der Waals surface area contributed by atoms with Crippen molar-refractivity contribution < 1.29 is 0 Å². The van der Waals surface area contributed by atoms with E-state index in [0.29, 0.717) is 0 Å². The van der Waals surface area contributed by atoms with Crippen molar-refractivity contribution in [3.8, 4) is 0 Å². The lowest BCUT2D eigenvalue weighted by atomic mass is 9.95. The van der Waals surface area contributed by atoms with Crippen LogP contribution in [0.1, 0.15) is 40.9 Å². The van der Waals surface area contributed by atoms with Crippen LogP contribution in [-0.4, -0.2) is 0 Å². The normalized spacial score (nSPS) is 12.4. The standard InChI is InChI=1S/C17H17BrClI/c1-3-11-5-6-12(4-2)14(9-11)17(18)15-10-13(19)7-8-16(15)20/h5-10,17H,3-4H2,1-2H3. The molecule has 0 amide bonds. The van der Waals surface area contributed by atoms with Crippen LogP contribution in [0.2, 0.25) is 5.02 Å². The molecule has 0 spiro atoms. The van der Waals surface area contributed by atoms with Crippen LogP contribution in [0.3, 0.4) is 0 Å². The first kappa shape index (κ1) is 16.3. The van der Waals surface area contributed by atoms with Crippen molar-refractivity contribution in [3.63, 3.8) is 0 Å². The molecular weight excluding hydrogens is 446 g/mol. The molecule has 1 atom stereocenters. The molecule has 0 bridgehead atoms. The van der Waals surface area contributed by atoms with Crippen molar-refractivity contribution in [2.75, 3.05) is 0 Å². The van der Waals surface area contributed by atoms with Crippen LogP contribution in [0.25, 0.3) is 0 Å². The Morgan fingerprint density at radius 3 is 2.45 bits per heavy atom. The molecule has 3 heteroatoms. The number of halogens is 3. The molecule has 20 heavy (non-hydrogen) atoms. The lowest BCUT2D eigenvalue weighted by molar-refractivity contribution is 1.03. The van der Waals surface area contributed by atoms with Crippen LogP contribution in [0.4, 0.5) is 0 Å². The Hall–Kier alpha value is -0.0600. The highest BCUT2D eigenvalue weighted by atomic mass is 127. The summed E-state index contributed by atoms with van der Waals surface area (Å²) in [6.07, 6.45) is 2.10. The van der Waals surface area contributed by atoms with E-state index in [2.05, 4.69) is 82.7 Å². The Labute approximate surface area is 148 Å². The van der Waals surface area contributed by atoms with E-state index in [4.69, 9.17) is 11.6 Å². The van der Waals surface area contributed by atoms with Crippen molar-refractivity contribution in [1.29, 1.82) is 0 Å². The summed E-state index contributed by atoms with van der Waals surface area (Å²) in [5.74, 6) is 0. The number of rotatable bonds is 4. The Kier molecular flexibility index (Phi) is 5.94. The molecule has 1 unspecified atom stereocenters. The lowest BCUT2D eigenvalue weighted by Crippen LogP contribution is -2.01. The monoisotopic (exact) mass is 462 g/mol. The molecule has 0 N–H and O–H groups in total. The molecule has 0 heterocycles. The van der Waals surface area contributed by atoms with Gasteiger partial charge < -0.3 is 0 Å². The van der Waals surface area contributed by atoms with Crippen molar-refractivity contribution in [2.45, 2.75) is 31.5 Å². The third-order valence-corrected chi connectivity index (χ3v) is 5.71. The zero-order valence-electron chi connectivity index (χ0n) is 11.6. The highest BCUT2D eigenvalue weighted by molar-refractivity contribution is 14.1. The summed E-state index contributed by atoms with van der Waals surface area (Å²) < 4.78 is 1.23. The fourth-order valence-electron chi connectivity index (χ4n) is 2.30. The van der Waals surface area contributed by atoms with E-state index in [9.17, 15) is 0 Å². The van der Waals surface area contributed by atoms with Gasteiger partial charge in [0.05, 0.1) is 4.83 Å². The van der Waals surface area contributed by atoms with Crippen molar-refractivity contribution >= 4 is 50.1 Å². The van der Waals surface area contributed by atoms with Gasteiger partial charge in [-0.3, -0.25) is 0 Å². The molecule has 0 saturated carbocycles. The third-order valence-electron chi connectivity index (χ3n) is 3.50. The minimum Gasteiger partial charge on any atom is -0.0843 e. The van der Waals surface area contributed by atoms with Gasteiger partial charge in [0.25, 0.3) is 0 Å². The lowest BCUT2D eigenvalue weighted by Gasteiger charge is -2.18. The van der Waals surface area contributed by atoms with Gasteiger partial charge in [0, 0.05) is 8.59 Å². The first-order valence-electron chi connectivity index (χ1n) is 6.77. The second-order valence-electron chi connectivity index (χ2n) is 4.77. The number of alkyl halides is 1. The highest BCUT2D eigenvalue weighted by Crippen LogP contribution is 2.37. The zero-order chi connectivity index (χ0) is 14.7. The summed E-state index contributed by atoms with van der Waals surface area (Å²) in [5, 5.41) is 0.787. The van der Waals surface area contributed by atoms with Gasteiger partial charge >= 0.3 is 0 Å². The van der Waals surface area contributed by atoms with Crippen LogP contribution < -0.4 is 0 Å². The van der Waals surface area contributed by atoms with Crippen LogP contribution >= 0.6 is 50.1 Å². The van der Waals surface area contributed by atoms with Gasteiger partial charge in [-0.2, -0.15) is 0 Å². The second-order valence-corrected chi connectivity index (χ2v) is 7.28. The highest BCUT2D eigenvalue weighted by Gasteiger charge is 2.17. The second kappa shape index (κ2) is 7.28. The average Bonchev–Trinajstić information content (AvgIpc) is 2.48. The summed E-state index contributed by atoms with van der Waals surface area (Å²) in [4.78, 5) is 0.189. The van der Waals surface area contributed by atoms with E-state index in [1.165, 1.54) is 25.8 Å². The van der Waals surface area contributed by atoms with Gasteiger partial charge in [-0.15, -0.1) is 0 Å². The summed E-state index contributed by atoms with van der Waals surface area (Å²) in [5.41, 5.74) is 5.35. The number of benzene rings is 2. The molecule has 0 saturated heterocycles. The molecule has 0 aliphatic heterocycles. The molecule has 0 radical (unpaired) electrons. The minimum atomic E-state index is 0.189. The molecule has 2 rings (SSSR count). The predicted octanol–water partition coefficient (Wildman–Crippen LogP) is 6.55. The van der Waals surface area contributed by atoms with Crippen molar-refractivity contribution in [3.05, 3.63) is 67.2 Å². The topological polar surface area (TPSA) is 0 Å². The van der Waals surface area contributed by atoms with Gasteiger partial charge in [-0.05, 0) is 75.9 Å². The van der Waals surface area contributed by atoms with Crippen LogP contribution in [0.5, 0.6) is 0 Å². The van der Waals surface area contributed by atoms with Crippen LogP contribution in [0.15, 0.2) is 36.4 Å². The largest absolute Gasteiger partial charge is 0.0843 e. The van der Waals surface area contributed by atoms with Crippen molar-refractivity contribution in [2.24, 2.45) is 0 Å². The summed E-state index contributed by atoms with van der Waals surface area (Å²) in [6.45, 7) is 4.39. The van der Waals surface area contributed by atoms with Gasteiger partial charge in [0.2, 0.25) is 0 Å². The van der Waals surface area contributed by atoms with E-state index in [0.717, 1.165) is 17.9 Å². The quantitative estimate of drug-likeness (QED) is 0.356. The number of hydrogen-bond donors (Lipinski definition) is 0. The van der Waals surface area contributed by atoms with Gasteiger partial charge in [0.1, 0.15) is 0 Å². The molecule has 2 aromatic rings. The molecule has 0 aliphatic carbocycles. The Morgan fingerprint density at radius 2 is 1.80 bits per heavy atom. The zero-order valence-corrected chi connectivity index (χ0v) is 16.1. The van der Waals surface area contributed by atoms with Crippen LogP contribution in [0, 0.1) is 3.57 Å². The Morgan fingerprint density at radius 1 is 1.05 bits per heavy atom. The molecule has 0 fully saturated rings. The first-order valence-corrected chi connectivity index (χ1v) is 9.14. The SMILES string of the molecule is CCc1ccc(CC)c(C(Br)c2cc(Cl)ccc2I)c1. The predicted molar refractivity (Wildman–Crippen MR) is 100 cm³/mol. The maximum Gasteiger partial charge on any atom is 0.0658 e. The first-order chi connectivity index (χ1) is 9.56. The van der Waals surface area contributed by atoms with E-state index in [1.54, 1.807) is 0 Å². The third kappa shape index (κ3) is 3.58. The summed E-state index contributed by atoms with van der Waals surface area (Å²) >= 11 is 12.4. The maximum atomic E-state index is 6.16. The number of aryl methyl sites for hydroxylation is 2. The molecular formula is C17H17BrClI. The van der Waals surface area contributed by atoms with Gasteiger partial charge in [0.15, 0.2) is 0 Å².